The molecule has 2 aromatic carbocycles. The number of rotatable bonds is 6. The summed E-state index contributed by atoms with van der Waals surface area (Å²) in [6.45, 7) is 0.535. The van der Waals surface area contributed by atoms with Gasteiger partial charge in [0.15, 0.2) is 0 Å². The van der Waals surface area contributed by atoms with Gasteiger partial charge in [0.25, 0.3) is 0 Å². The molecule has 0 fully saturated rings. The van der Waals surface area contributed by atoms with Crippen molar-refractivity contribution in [1.29, 1.82) is 0 Å². The van der Waals surface area contributed by atoms with Gasteiger partial charge in [-0.2, -0.15) is 0 Å². The van der Waals surface area contributed by atoms with E-state index in [1.165, 1.54) is 0 Å². The van der Waals surface area contributed by atoms with Crippen molar-refractivity contribution in [2.24, 2.45) is 0 Å². The number of ether oxygens (including phenoxy) is 1. The Morgan fingerprint density at radius 3 is 2.44 bits per heavy atom. The molecule has 0 saturated carbocycles. The minimum atomic E-state index is -0.219. The fourth-order valence-corrected chi connectivity index (χ4v) is 2.62. The lowest BCUT2D eigenvalue weighted by Gasteiger charge is -2.10. The molecule has 5 heteroatoms. The average molecular weight is 335 g/mol. The van der Waals surface area contributed by atoms with Gasteiger partial charge in [-0.1, -0.05) is 18.2 Å². The Morgan fingerprint density at radius 2 is 1.72 bits per heavy atom. The molecule has 5 nitrogen and oxygen atoms in total. The van der Waals surface area contributed by atoms with Gasteiger partial charge < -0.3 is 19.9 Å². The molecule has 0 atom stereocenters. The number of carbonyl (C=O) groups excluding carboxylic acids is 1. The van der Waals surface area contributed by atoms with Crippen LogP contribution in [0.4, 0.5) is 10.5 Å². The summed E-state index contributed by atoms with van der Waals surface area (Å²) in [6, 6.07) is 19.2. The minimum Gasteiger partial charge on any atom is -0.496 e. The van der Waals surface area contributed by atoms with Gasteiger partial charge in [-0.25, -0.2) is 4.79 Å². The molecule has 0 radical (unpaired) electrons. The number of carbonyl (C=O) groups is 1. The van der Waals surface area contributed by atoms with Crippen LogP contribution in [-0.2, 0) is 6.42 Å². The van der Waals surface area contributed by atoms with E-state index in [9.17, 15) is 4.79 Å². The Morgan fingerprint density at radius 1 is 1.00 bits per heavy atom. The minimum absolute atomic E-state index is 0.219. The lowest BCUT2D eigenvalue weighted by atomic mass is 10.1. The van der Waals surface area contributed by atoms with Gasteiger partial charge in [0.05, 0.1) is 7.11 Å². The molecular weight excluding hydrogens is 314 g/mol. The number of anilines is 1. The van der Waals surface area contributed by atoms with Gasteiger partial charge in [0.1, 0.15) is 5.75 Å². The van der Waals surface area contributed by atoms with Crippen LogP contribution in [0.2, 0.25) is 0 Å². The normalized spacial score (nSPS) is 10.3. The summed E-state index contributed by atoms with van der Waals surface area (Å²) in [5, 5.41) is 5.70. The summed E-state index contributed by atoms with van der Waals surface area (Å²) in [7, 11) is 1.65. The molecule has 0 aliphatic heterocycles. The molecule has 3 rings (SSSR count). The van der Waals surface area contributed by atoms with E-state index in [-0.39, 0.29) is 6.03 Å². The first-order valence-electron chi connectivity index (χ1n) is 8.16. The zero-order valence-corrected chi connectivity index (χ0v) is 14.1. The first kappa shape index (κ1) is 16.6. The molecule has 1 aromatic heterocycles. The molecule has 3 aromatic rings. The maximum atomic E-state index is 12.0. The van der Waals surface area contributed by atoms with E-state index in [4.69, 9.17) is 4.74 Å². The largest absolute Gasteiger partial charge is 0.496 e. The second-order valence-corrected chi connectivity index (χ2v) is 5.58. The first-order chi connectivity index (χ1) is 12.3. The Balaban J connectivity index is 1.49. The van der Waals surface area contributed by atoms with E-state index in [1.54, 1.807) is 7.11 Å². The number of para-hydroxylation sites is 1. The molecule has 0 aliphatic rings. The monoisotopic (exact) mass is 335 g/mol. The third kappa shape index (κ3) is 4.41. The van der Waals surface area contributed by atoms with E-state index in [0.29, 0.717) is 13.0 Å². The third-order valence-electron chi connectivity index (χ3n) is 3.90. The predicted molar refractivity (Wildman–Crippen MR) is 99.5 cm³/mol. The standard InChI is InChI=1S/C20H21N3O2/c1-25-19-7-3-2-6-16(19)12-13-21-20(24)22-17-8-10-18(11-9-17)23-14-4-5-15-23/h2-11,14-15H,12-13H2,1H3,(H2,21,22,24). The quantitative estimate of drug-likeness (QED) is 0.719. The summed E-state index contributed by atoms with van der Waals surface area (Å²) < 4.78 is 7.32. The van der Waals surface area contributed by atoms with Crippen LogP contribution in [-0.4, -0.2) is 24.3 Å². The molecule has 0 saturated heterocycles. The van der Waals surface area contributed by atoms with Crippen molar-refractivity contribution in [2.45, 2.75) is 6.42 Å². The summed E-state index contributed by atoms with van der Waals surface area (Å²) in [5.74, 6) is 0.838. The fourth-order valence-electron chi connectivity index (χ4n) is 2.62. The lowest BCUT2D eigenvalue weighted by molar-refractivity contribution is 0.252. The van der Waals surface area contributed by atoms with E-state index >= 15 is 0 Å². The summed E-state index contributed by atoms with van der Waals surface area (Å²) in [6.07, 6.45) is 4.67. The van der Waals surface area contributed by atoms with Crippen LogP contribution >= 0.6 is 0 Å². The molecule has 0 bridgehead atoms. The van der Waals surface area contributed by atoms with Crippen molar-refractivity contribution in [3.8, 4) is 11.4 Å². The van der Waals surface area contributed by atoms with Gasteiger partial charge in [-0.3, -0.25) is 0 Å². The summed E-state index contributed by atoms with van der Waals surface area (Å²) in [4.78, 5) is 12.0. The molecule has 128 valence electrons. The number of nitrogens with zero attached hydrogens (tertiary/aromatic N) is 1. The molecule has 1 heterocycles. The lowest BCUT2D eigenvalue weighted by Crippen LogP contribution is -2.30. The van der Waals surface area contributed by atoms with Gasteiger partial charge in [0.2, 0.25) is 0 Å². The molecule has 2 amide bonds. The van der Waals surface area contributed by atoms with Crippen molar-refractivity contribution in [3.63, 3.8) is 0 Å². The van der Waals surface area contributed by atoms with E-state index in [2.05, 4.69) is 10.6 Å². The Kier molecular flexibility index (Phi) is 5.36. The van der Waals surface area contributed by atoms with Gasteiger partial charge in [-0.05, 0) is 54.4 Å². The number of benzene rings is 2. The number of amides is 2. The Bertz CT molecular complexity index is 811. The molecule has 0 spiro atoms. The van der Waals surface area contributed by atoms with Crippen molar-refractivity contribution in [3.05, 3.63) is 78.6 Å². The van der Waals surface area contributed by atoms with Crippen LogP contribution in [0.15, 0.2) is 73.1 Å². The maximum absolute atomic E-state index is 12.0. The van der Waals surface area contributed by atoms with E-state index in [0.717, 1.165) is 22.7 Å². The Labute approximate surface area is 147 Å². The summed E-state index contributed by atoms with van der Waals surface area (Å²) in [5.41, 5.74) is 2.87. The number of hydrogen-bond donors (Lipinski definition) is 2. The zero-order chi connectivity index (χ0) is 17.5. The third-order valence-corrected chi connectivity index (χ3v) is 3.90. The zero-order valence-electron chi connectivity index (χ0n) is 14.1. The number of nitrogens with one attached hydrogen (secondary N) is 2. The van der Waals surface area contributed by atoms with E-state index < -0.39 is 0 Å². The first-order valence-corrected chi connectivity index (χ1v) is 8.16. The summed E-state index contributed by atoms with van der Waals surface area (Å²) >= 11 is 0. The van der Waals surface area contributed by atoms with Gasteiger partial charge in [-0.15, -0.1) is 0 Å². The Hall–Kier alpha value is -3.21. The van der Waals surface area contributed by atoms with Crippen LogP contribution < -0.4 is 15.4 Å². The smallest absolute Gasteiger partial charge is 0.319 e. The number of methoxy groups -OCH3 is 1. The topological polar surface area (TPSA) is 55.3 Å². The van der Waals surface area contributed by atoms with Gasteiger partial charge in [0, 0.05) is 30.3 Å². The van der Waals surface area contributed by atoms with Crippen molar-refractivity contribution >= 4 is 11.7 Å². The van der Waals surface area contributed by atoms with Crippen LogP contribution in [0.25, 0.3) is 5.69 Å². The second-order valence-electron chi connectivity index (χ2n) is 5.58. The van der Waals surface area contributed by atoms with Crippen LogP contribution in [0.3, 0.4) is 0 Å². The fraction of sp³-hybridized carbons (Fsp3) is 0.150. The highest BCUT2D eigenvalue weighted by atomic mass is 16.5. The molecule has 0 unspecified atom stereocenters. The SMILES string of the molecule is COc1ccccc1CCNC(=O)Nc1ccc(-n2cccc2)cc1. The number of hydrogen-bond acceptors (Lipinski definition) is 2. The highest BCUT2D eigenvalue weighted by molar-refractivity contribution is 5.89. The van der Waals surface area contributed by atoms with Gasteiger partial charge >= 0.3 is 6.03 Å². The van der Waals surface area contributed by atoms with Crippen molar-refractivity contribution in [1.82, 2.24) is 9.88 Å². The number of aromatic nitrogens is 1. The van der Waals surface area contributed by atoms with Crippen molar-refractivity contribution in [2.75, 3.05) is 19.0 Å². The van der Waals surface area contributed by atoms with E-state index in [1.807, 2.05) is 77.6 Å². The molecule has 2 N–H and O–H groups in total. The number of urea groups is 1. The average Bonchev–Trinajstić information content (AvgIpc) is 3.17. The van der Waals surface area contributed by atoms with Crippen molar-refractivity contribution < 1.29 is 9.53 Å². The molecule has 25 heavy (non-hydrogen) atoms. The maximum Gasteiger partial charge on any atom is 0.319 e. The highest BCUT2D eigenvalue weighted by Gasteiger charge is 2.04. The molecule has 0 aliphatic carbocycles. The second kappa shape index (κ2) is 8.06. The van der Waals surface area contributed by atoms with Crippen LogP contribution in [0, 0.1) is 0 Å². The van der Waals surface area contributed by atoms with Crippen LogP contribution in [0.5, 0.6) is 5.75 Å². The van der Waals surface area contributed by atoms with Crippen LogP contribution in [0.1, 0.15) is 5.56 Å². The molecular formula is C20H21N3O2. The highest BCUT2D eigenvalue weighted by Crippen LogP contribution is 2.17. The predicted octanol–water partition coefficient (Wildman–Crippen LogP) is 3.85.